The minimum Gasteiger partial charge on any atom is -0.143 e. The summed E-state index contributed by atoms with van der Waals surface area (Å²) in [5, 5.41) is 0. The van der Waals surface area contributed by atoms with Crippen molar-refractivity contribution in [3.05, 3.63) is 28.8 Å². The van der Waals surface area contributed by atoms with Crippen LogP contribution in [0.5, 0.6) is 0 Å². The number of thiol groups is 1. The highest BCUT2D eigenvalue weighted by molar-refractivity contribution is 7.80. The summed E-state index contributed by atoms with van der Waals surface area (Å²) in [7, 11) is -1.43. The van der Waals surface area contributed by atoms with Crippen molar-refractivity contribution in [1.29, 1.82) is 0 Å². The predicted molar refractivity (Wildman–Crippen MR) is 139 cm³/mol. The monoisotopic (exact) mass is 434 g/mol. The fourth-order valence-electron chi connectivity index (χ4n) is 5.44. The lowest BCUT2D eigenvalue weighted by molar-refractivity contribution is 0.545. The van der Waals surface area contributed by atoms with Gasteiger partial charge in [0.1, 0.15) is 0 Å². The van der Waals surface area contributed by atoms with E-state index in [0.717, 1.165) is 17.8 Å². The first kappa shape index (κ1) is 26.8. The Labute approximate surface area is 190 Å². The maximum Gasteiger partial charge on any atom is 0.0587 e. The van der Waals surface area contributed by atoms with Gasteiger partial charge in [-0.05, 0) is 51.3 Å². The van der Waals surface area contributed by atoms with Gasteiger partial charge in [0.15, 0.2) is 0 Å². The summed E-state index contributed by atoms with van der Waals surface area (Å²) in [4.78, 5) is 1.21. The quantitative estimate of drug-likeness (QED) is 0.306. The average Bonchev–Trinajstić information content (AvgIpc) is 2.43. The molecule has 2 heteroatoms. The van der Waals surface area contributed by atoms with Crippen LogP contribution in [0.25, 0.3) is 0 Å². The smallest absolute Gasteiger partial charge is 0.0587 e. The molecule has 0 fully saturated rings. The topological polar surface area (TPSA) is 0 Å². The SMILES string of the molecule is CC(C)C[Si](Cc1cc(C(C)(C)C)c(S)c(C(C)(C)C)c1)(CC(C)C)CC(C)C. The van der Waals surface area contributed by atoms with Gasteiger partial charge < -0.3 is 0 Å². The van der Waals surface area contributed by atoms with E-state index in [1.165, 1.54) is 40.2 Å². The molecule has 1 rings (SSSR count). The Bertz CT molecular complexity index is 595. The zero-order valence-corrected chi connectivity index (χ0v) is 23.6. The van der Waals surface area contributed by atoms with Crippen molar-refractivity contribution in [3.63, 3.8) is 0 Å². The number of hydrogen-bond donors (Lipinski definition) is 1. The Hall–Kier alpha value is -0.213. The summed E-state index contributed by atoms with van der Waals surface area (Å²) in [6.45, 7) is 28.6. The van der Waals surface area contributed by atoms with Crippen LogP contribution in [0.2, 0.25) is 18.1 Å². The largest absolute Gasteiger partial charge is 0.143 e. The van der Waals surface area contributed by atoms with E-state index in [1.807, 2.05) is 0 Å². The third kappa shape index (κ3) is 8.09. The molecule has 168 valence electrons. The molecule has 0 atom stereocenters. The third-order valence-corrected chi connectivity index (χ3v) is 12.6. The Morgan fingerprint density at radius 2 is 1.00 bits per heavy atom. The van der Waals surface area contributed by atoms with E-state index in [9.17, 15) is 0 Å². The van der Waals surface area contributed by atoms with Crippen LogP contribution in [0.4, 0.5) is 0 Å². The minimum absolute atomic E-state index is 0.117. The molecule has 0 saturated carbocycles. The van der Waals surface area contributed by atoms with Gasteiger partial charge in [0.05, 0.1) is 8.07 Å². The van der Waals surface area contributed by atoms with Gasteiger partial charge in [-0.3, -0.25) is 0 Å². The van der Waals surface area contributed by atoms with Crippen LogP contribution in [0, 0.1) is 17.8 Å². The van der Waals surface area contributed by atoms with Gasteiger partial charge in [0, 0.05) is 4.90 Å². The van der Waals surface area contributed by atoms with Crippen molar-refractivity contribution >= 4 is 20.7 Å². The van der Waals surface area contributed by atoms with Crippen LogP contribution in [0.3, 0.4) is 0 Å². The van der Waals surface area contributed by atoms with Gasteiger partial charge in [-0.15, -0.1) is 12.6 Å². The second-order valence-electron chi connectivity index (χ2n) is 13.0. The molecule has 0 N–H and O–H groups in total. The van der Waals surface area contributed by atoms with Gasteiger partial charge in [0.2, 0.25) is 0 Å². The predicted octanol–water partition coefficient (Wildman–Crippen LogP) is 9.07. The Kier molecular flexibility index (Phi) is 9.19. The Balaban J connectivity index is 3.62. The first-order valence-electron chi connectivity index (χ1n) is 11.8. The highest BCUT2D eigenvalue weighted by Gasteiger charge is 2.36. The fourth-order valence-corrected chi connectivity index (χ4v) is 13.4. The normalized spacial score (nSPS) is 13.8. The van der Waals surface area contributed by atoms with E-state index in [4.69, 9.17) is 12.6 Å². The minimum atomic E-state index is -1.43. The van der Waals surface area contributed by atoms with Crippen LogP contribution < -0.4 is 0 Å². The van der Waals surface area contributed by atoms with Gasteiger partial charge in [-0.25, -0.2) is 0 Å². The highest BCUT2D eigenvalue weighted by atomic mass is 32.1. The van der Waals surface area contributed by atoms with E-state index in [0.29, 0.717) is 0 Å². The molecular weight excluding hydrogens is 384 g/mol. The van der Waals surface area contributed by atoms with Crippen LogP contribution >= 0.6 is 12.6 Å². The molecule has 0 saturated heterocycles. The number of hydrogen-bond acceptors (Lipinski definition) is 1. The van der Waals surface area contributed by atoms with Crippen LogP contribution in [0.1, 0.15) is 99.8 Å². The summed E-state index contributed by atoms with van der Waals surface area (Å²) < 4.78 is 0. The molecule has 0 nitrogen and oxygen atoms in total. The van der Waals surface area contributed by atoms with Crippen LogP contribution in [-0.2, 0) is 16.9 Å². The van der Waals surface area contributed by atoms with E-state index >= 15 is 0 Å². The van der Waals surface area contributed by atoms with Gasteiger partial charge in [-0.2, -0.15) is 0 Å². The van der Waals surface area contributed by atoms with Gasteiger partial charge in [-0.1, -0.05) is 113 Å². The molecule has 0 aliphatic carbocycles. The van der Waals surface area contributed by atoms with E-state index in [1.54, 1.807) is 5.56 Å². The zero-order valence-electron chi connectivity index (χ0n) is 21.7. The van der Waals surface area contributed by atoms with Crippen LogP contribution in [0.15, 0.2) is 17.0 Å². The molecule has 0 heterocycles. The summed E-state index contributed by atoms with van der Waals surface area (Å²) >= 11 is 5.04. The molecule has 0 aliphatic heterocycles. The molecule has 0 aliphatic rings. The summed E-state index contributed by atoms with van der Waals surface area (Å²) in [6, 6.07) is 10.7. The second kappa shape index (κ2) is 9.94. The van der Waals surface area contributed by atoms with E-state index in [2.05, 4.69) is 95.2 Å². The van der Waals surface area contributed by atoms with E-state index < -0.39 is 8.07 Å². The second-order valence-corrected chi connectivity index (χ2v) is 18.0. The molecule has 0 radical (unpaired) electrons. The molecule has 0 aromatic heterocycles. The molecule has 0 bridgehead atoms. The summed E-state index contributed by atoms with van der Waals surface area (Å²) in [5.41, 5.74) is 4.65. The molecule has 29 heavy (non-hydrogen) atoms. The third-order valence-electron chi connectivity index (χ3n) is 5.89. The van der Waals surface area contributed by atoms with Crippen molar-refractivity contribution in [2.24, 2.45) is 17.8 Å². The summed E-state index contributed by atoms with van der Waals surface area (Å²) in [5.74, 6) is 2.35. The fraction of sp³-hybridized carbons (Fsp3) is 0.778. The van der Waals surface area contributed by atoms with Gasteiger partial charge in [0.25, 0.3) is 0 Å². The molecule has 0 unspecified atom stereocenters. The lowest BCUT2D eigenvalue weighted by Crippen LogP contribution is -2.41. The lowest BCUT2D eigenvalue weighted by atomic mass is 9.79. The van der Waals surface area contributed by atoms with Crippen LogP contribution in [-0.4, -0.2) is 8.07 Å². The first-order valence-corrected chi connectivity index (χ1v) is 15.1. The van der Waals surface area contributed by atoms with Crippen molar-refractivity contribution < 1.29 is 0 Å². The van der Waals surface area contributed by atoms with Crippen molar-refractivity contribution in [3.8, 4) is 0 Å². The average molecular weight is 435 g/mol. The first-order chi connectivity index (χ1) is 13.0. The molecular formula is C27H50SSi. The Morgan fingerprint density at radius 3 is 1.24 bits per heavy atom. The van der Waals surface area contributed by atoms with Crippen molar-refractivity contribution in [2.45, 2.75) is 123 Å². The Morgan fingerprint density at radius 1 is 0.690 bits per heavy atom. The van der Waals surface area contributed by atoms with Crippen molar-refractivity contribution in [2.75, 3.05) is 0 Å². The highest BCUT2D eigenvalue weighted by Crippen LogP contribution is 2.40. The van der Waals surface area contributed by atoms with E-state index in [-0.39, 0.29) is 10.8 Å². The molecule has 0 spiro atoms. The lowest BCUT2D eigenvalue weighted by Gasteiger charge is -2.38. The number of benzene rings is 1. The number of rotatable bonds is 8. The maximum absolute atomic E-state index is 5.04. The molecule has 0 amide bonds. The molecule has 1 aromatic carbocycles. The van der Waals surface area contributed by atoms with Gasteiger partial charge >= 0.3 is 0 Å². The zero-order chi connectivity index (χ0) is 22.8. The maximum atomic E-state index is 5.04. The standard InChI is InChI=1S/C27H50SSi/c1-19(2)15-29(16-20(3)4,17-21(5)6)18-22-13-23(26(7,8)9)25(28)24(14-22)27(10,11)12/h13-14,19-21,28H,15-18H2,1-12H3. The molecule has 1 aromatic rings. The van der Waals surface area contributed by atoms with Crippen molar-refractivity contribution in [1.82, 2.24) is 0 Å². The summed E-state index contributed by atoms with van der Waals surface area (Å²) in [6.07, 6.45) is 0.